The summed E-state index contributed by atoms with van der Waals surface area (Å²) in [6, 6.07) is 0. The maximum absolute atomic E-state index is 12.4. The summed E-state index contributed by atoms with van der Waals surface area (Å²) < 4.78 is 27.9. The normalized spacial score (nSPS) is 22.9. The third-order valence-electron chi connectivity index (χ3n) is 3.96. The van der Waals surface area contributed by atoms with Crippen LogP contribution in [-0.4, -0.2) is 43.7 Å². The first kappa shape index (κ1) is 17.2. The number of esters is 1. The van der Waals surface area contributed by atoms with E-state index in [4.69, 9.17) is 11.6 Å². The van der Waals surface area contributed by atoms with E-state index in [0.717, 1.165) is 7.11 Å². The van der Waals surface area contributed by atoms with Crippen molar-refractivity contribution < 1.29 is 22.7 Å². The van der Waals surface area contributed by atoms with Crippen molar-refractivity contribution in [2.75, 3.05) is 18.7 Å². The fourth-order valence-corrected chi connectivity index (χ4v) is 4.52. The van der Waals surface area contributed by atoms with Crippen LogP contribution < -0.4 is 0 Å². The summed E-state index contributed by atoms with van der Waals surface area (Å²) in [4.78, 5) is 23.0. The Balaban J connectivity index is 3.09. The molecule has 1 aliphatic carbocycles. The van der Waals surface area contributed by atoms with Gasteiger partial charge in [0.25, 0.3) is 0 Å². The standard InChI is InChI=1S/C13H19ClO5S/c1-9-4-5-10(6-11(9)15)13(2,8-14)20(17,18)7-12(16)19-3/h4,10H,5-8H2,1-3H3/t10-,13?/m1/s1. The molecule has 0 saturated carbocycles. The number of halogens is 1. The lowest BCUT2D eigenvalue weighted by molar-refractivity contribution is -0.137. The van der Waals surface area contributed by atoms with Gasteiger partial charge in [0.05, 0.1) is 11.9 Å². The Morgan fingerprint density at radius 1 is 1.55 bits per heavy atom. The highest BCUT2D eigenvalue weighted by molar-refractivity contribution is 7.93. The molecule has 0 aliphatic heterocycles. The first-order valence-corrected chi connectivity index (χ1v) is 8.41. The maximum Gasteiger partial charge on any atom is 0.320 e. The predicted molar refractivity (Wildman–Crippen MR) is 76.4 cm³/mol. The minimum atomic E-state index is -3.81. The van der Waals surface area contributed by atoms with Gasteiger partial charge in [-0.15, -0.1) is 11.6 Å². The van der Waals surface area contributed by atoms with Crippen LogP contribution in [0.25, 0.3) is 0 Å². The van der Waals surface area contributed by atoms with Crippen molar-refractivity contribution in [1.82, 2.24) is 0 Å². The second-order valence-electron chi connectivity index (χ2n) is 5.23. The molecule has 1 rings (SSSR count). The van der Waals surface area contributed by atoms with Crippen molar-refractivity contribution in [1.29, 1.82) is 0 Å². The number of rotatable bonds is 5. The Kier molecular flexibility index (Phi) is 5.38. The van der Waals surface area contributed by atoms with Crippen molar-refractivity contribution in [2.45, 2.75) is 31.4 Å². The summed E-state index contributed by atoms with van der Waals surface area (Å²) >= 11 is 5.87. The van der Waals surface area contributed by atoms with Crippen LogP contribution in [0, 0.1) is 5.92 Å². The molecule has 2 atom stereocenters. The minimum absolute atomic E-state index is 0.0779. The Morgan fingerprint density at radius 2 is 2.15 bits per heavy atom. The molecule has 0 bridgehead atoms. The van der Waals surface area contributed by atoms with Gasteiger partial charge in [0.1, 0.15) is 5.75 Å². The molecule has 0 fully saturated rings. The van der Waals surface area contributed by atoms with Crippen LogP contribution in [0.1, 0.15) is 26.7 Å². The number of hydrogen-bond donors (Lipinski definition) is 0. The van der Waals surface area contributed by atoms with E-state index in [2.05, 4.69) is 4.74 Å². The highest BCUT2D eigenvalue weighted by Gasteiger charge is 2.47. The number of Topliss-reactive ketones (excluding diaryl/α,β-unsaturated/α-hetero) is 1. The third kappa shape index (κ3) is 3.23. The highest BCUT2D eigenvalue weighted by atomic mass is 35.5. The quantitative estimate of drug-likeness (QED) is 0.566. The van der Waals surface area contributed by atoms with Crippen molar-refractivity contribution in [3.63, 3.8) is 0 Å². The molecule has 114 valence electrons. The molecule has 0 radical (unpaired) electrons. The summed E-state index contributed by atoms with van der Waals surface area (Å²) in [5.74, 6) is -2.22. The molecule has 0 aromatic carbocycles. The van der Waals surface area contributed by atoms with Crippen LogP contribution in [-0.2, 0) is 24.2 Å². The summed E-state index contributed by atoms with van der Waals surface area (Å²) in [6.07, 6.45) is 2.32. The number of alkyl halides is 1. The van der Waals surface area contributed by atoms with Gasteiger partial charge in [-0.1, -0.05) is 6.08 Å². The molecular weight excluding hydrogens is 304 g/mol. The minimum Gasteiger partial charge on any atom is -0.468 e. The monoisotopic (exact) mass is 322 g/mol. The third-order valence-corrected chi connectivity index (χ3v) is 7.18. The molecule has 0 heterocycles. The Bertz CT molecular complexity index is 537. The van der Waals surface area contributed by atoms with E-state index < -0.39 is 32.2 Å². The molecule has 0 saturated heterocycles. The molecule has 0 spiro atoms. The summed E-state index contributed by atoms with van der Waals surface area (Å²) in [6.45, 7) is 3.20. The molecular formula is C13H19ClO5S. The first-order valence-electron chi connectivity index (χ1n) is 6.23. The number of hydrogen-bond acceptors (Lipinski definition) is 5. The highest BCUT2D eigenvalue weighted by Crippen LogP contribution is 2.37. The van der Waals surface area contributed by atoms with E-state index >= 15 is 0 Å². The smallest absolute Gasteiger partial charge is 0.320 e. The number of methoxy groups -OCH3 is 1. The lowest BCUT2D eigenvalue weighted by atomic mass is 9.81. The van der Waals surface area contributed by atoms with E-state index in [1.54, 1.807) is 13.0 Å². The Hall–Kier alpha value is -0.880. The summed E-state index contributed by atoms with van der Waals surface area (Å²) in [5.41, 5.74) is 0.642. The van der Waals surface area contributed by atoms with Crippen LogP contribution in [0.15, 0.2) is 11.6 Å². The first-order chi connectivity index (χ1) is 9.17. The lowest BCUT2D eigenvalue weighted by Crippen LogP contribution is -2.48. The van der Waals surface area contributed by atoms with Crippen LogP contribution >= 0.6 is 11.6 Å². The number of ketones is 1. The fraction of sp³-hybridized carbons (Fsp3) is 0.692. The second-order valence-corrected chi connectivity index (χ2v) is 7.95. The topological polar surface area (TPSA) is 77.5 Å². The Morgan fingerprint density at radius 3 is 2.60 bits per heavy atom. The Labute approximate surface area is 124 Å². The van der Waals surface area contributed by atoms with Gasteiger partial charge in [-0.05, 0) is 31.8 Å². The van der Waals surface area contributed by atoms with Crippen molar-refractivity contribution in [3.05, 3.63) is 11.6 Å². The summed E-state index contributed by atoms with van der Waals surface area (Å²) in [7, 11) is -2.68. The van der Waals surface area contributed by atoms with Gasteiger partial charge in [0, 0.05) is 12.3 Å². The van der Waals surface area contributed by atoms with Crippen LogP contribution in [0.2, 0.25) is 0 Å². The fourth-order valence-electron chi connectivity index (χ4n) is 2.19. The second kappa shape index (κ2) is 6.26. The van der Waals surface area contributed by atoms with Crippen LogP contribution in [0.4, 0.5) is 0 Å². The van der Waals surface area contributed by atoms with E-state index in [1.165, 1.54) is 6.92 Å². The van der Waals surface area contributed by atoms with E-state index in [9.17, 15) is 18.0 Å². The number of carbonyl (C=O) groups excluding carboxylic acids is 2. The number of sulfone groups is 1. The van der Waals surface area contributed by atoms with Gasteiger partial charge in [0.2, 0.25) is 0 Å². The van der Waals surface area contributed by atoms with E-state index in [1.807, 2.05) is 0 Å². The molecule has 5 nitrogen and oxygen atoms in total. The number of allylic oxidation sites excluding steroid dienone is 2. The number of carbonyl (C=O) groups is 2. The molecule has 20 heavy (non-hydrogen) atoms. The summed E-state index contributed by atoms with van der Waals surface area (Å²) in [5, 5.41) is 0. The zero-order valence-electron chi connectivity index (χ0n) is 11.8. The largest absolute Gasteiger partial charge is 0.468 e. The van der Waals surface area contributed by atoms with Gasteiger partial charge in [-0.2, -0.15) is 0 Å². The van der Waals surface area contributed by atoms with Gasteiger partial charge in [0.15, 0.2) is 15.6 Å². The van der Waals surface area contributed by atoms with Crippen molar-refractivity contribution in [3.8, 4) is 0 Å². The average molecular weight is 323 g/mol. The zero-order valence-corrected chi connectivity index (χ0v) is 13.4. The van der Waals surface area contributed by atoms with E-state index in [-0.39, 0.29) is 18.1 Å². The van der Waals surface area contributed by atoms with Gasteiger partial charge in [-0.25, -0.2) is 8.42 Å². The molecule has 0 N–H and O–H groups in total. The zero-order chi connectivity index (χ0) is 15.6. The maximum atomic E-state index is 12.4. The average Bonchev–Trinajstić information content (AvgIpc) is 2.40. The van der Waals surface area contributed by atoms with Gasteiger partial charge < -0.3 is 4.74 Å². The molecule has 7 heteroatoms. The van der Waals surface area contributed by atoms with Gasteiger partial charge in [-0.3, -0.25) is 9.59 Å². The van der Waals surface area contributed by atoms with Crippen molar-refractivity contribution in [2.24, 2.45) is 5.92 Å². The van der Waals surface area contributed by atoms with E-state index in [0.29, 0.717) is 12.0 Å². The predicted octanol–water partition coefficient (Wildman–Crippen LogP) is 1.50. The lowest BCUT2D eigenvalue weighted by Gasteiger charge is -2.36. The SMILES string of the molecule is COC(=O)CS(=O)(=O)C(C)(CCl)[C@@H]1CC=C(C)C(=O)C1. The molecule has 0 amide bonds. The number of ether oxygens (including phenoxy) is 1. The molecule has 1 unspecified atom stereocenters. The van der Waals surface area contributed by atoms with Crippen molar-refractivity contribution >= 4 is 33.2 Å². The molecule has 0 aromatic rings. The van der Waals surface area contributed by atoms with Crippen LogP contribution in [0.3, 0.4) is 0 Å². The van der Waals surface area contributed by atoms with Crippen LogP contribution in [0.5, 0.6) is 0 Å². The molecule has 1 aliphatic rings. The molecule has 0 aromatic heterocycles. The van der Waals surface area contributed by atoms with Gasteiger partial charge >= 0.3 is 5.97 Å².